The van der Waals surface area contributed by atoms with Gasteiger partial charge in [0.2, 0.25) is 0 Å². The molecule has 33 heavy (non-hydrogen) atoms. The first kappa shape index (κ1) is 23.3. The number of rotatable bonds is 5. The molecule has 0 amide bonds. The van der Waals surface area contributed by atoms with Crippen LogP contribution in [0.5, 0.6) is 0 Å². The number of likely N-dealkylation sites (N-methyl/N-ethyl adjacent to an activating group) is 1. The Morgan fingerprint density at radius 3 is 2.70 bits per heavy atom. The lowest BCUT2D eigenvalue weighted by atomic mass is 9.97. The van der Waals surface area contributed by atoms with Crippen LogP contribution in [0.4, 0.5) is 24.7 Å². The molecule has 4 rings (SSSR count). The molecule has 2 aromatic carbocycles. The Hall–Kier alpha value is -2.87. The zero-order valence-electron chi connectivity index (χ0n) is 19.4. The Morgan fingerprint density at radius 1 is 1.18 bits per heavy atom. The van der Waals surface area contributed by atoms with E-state index in [4.69, 9.17) is 0 Å². The second-order valence-corrected chi connectivity index (χ2v) is 9.05. The first-order chi connectivity index (χ1) is 15.6. The Bertz CT molecular complexity index is 1130. The number of hydrogen-bond donors (Lipinski definition) is 1. The maximum Gasteiger partial charge on any atom is 0.416 e. The summed E-state index contributed by atoms with van der Waals surface area (Å²) in [5, 5.41) is 13.5. The fraction of sp³-hybridized carbons (Fsp3) is 0.440. The molecule has 1 saturated heterocycles. The van der Waals surface area contributed by atoms with Gasteiger partial charge in [0.1, 0.15) is 0 Å². The highest BCUT2D eigenvalue weighted by Crippen LogP contribution is 2.36. The van der Waals surface area contributed by atoms with Gasteiger partial charge in [-0.1, -0.05) is 18.2 Å². The van der Waals surface area contributed by atoms with E-state index in [2.05, 4.69) is 51.5 Å². The Morgan fingerprint density at radius 2 is 1.97 bits per heavy atom. The van der Waals surface area contributed by atoms with Crippen LogP contribution in [0.3, 0.4) is 0 Å². The fourth-order valence-corrected chi connectivity index (χ4v) is 4.69. The molecule has 1 N–H and O–H groups in total. The Balaban J connectivity index is 1.64. The number of alkyl halides is 3. The molecular formula is C25H30F3N5. The van der Waals surface area contributed by atoms with Crippen LogP contribution in [-0.2, 0) is 6.18 Å². The van der Waals surface area contributed by atoms with E-state index in [0.29, 0.717) is 17.4 Å². The topological polar surface area (TPSA) is 44.3 Å². The molecule has 2 heterocycles. The highest BCUT2D eigenvalue weighted by atomic mass is 19.4. The molecule has 1 aliphatic rings. The third-order valence-electron chi connectivity index (χ3n) is 6.64. The van der Waals surface area contributed by atoms with E-state index in [9.17, 15) is 13.2 Å². The van der Waals surface area contributed by atoms with Crippen LogP contribution >= 0.6 is 0 Å². The molecule has 8 heteroatoms. The molecule has 0 spiro atoms. The number of aromatic nitrogens is 2. The number of piperidine rings is 1. The monoisotopic (exact) mass is 457 g/mol. The number of anilines is 2. The van der Waals surface area contributed by atoms with Gasteiger partial charge in [-0.05, 0) is 70.1 Å². The third-order valence-corrected chi connectivity index (χ3v) is 6.64. The van der Waals surface area contributed by atoms with E-state index < -0.39 is 11.7 Å². The molecule has 2 atom stereocenters. The summed E-state index contributed by atoms with van der Waals surface area (Å²) in [7, 11) is 4.23. The van der Waals surface area contributed by atoms with Gasteiger partial charge in [0, 0.05) is 35.6 Å². The normalized spacial score (nSPS) is 18.1. The summed E-state index contributed by atoms with van der Waals surface area (Å²) in [5.41, 5.74) is 1.32. The molecular weight excluding hydrogens is 427 g/mol. The van der Waals surface area contributed by atoms with Gasteiger partial charge in [0.25, 0.3) is 0 Å². The lowest BCUT2D eigenvalue weighted by molar-refractivity contribution is -0.138. The van der Waals surface area contributed by atoms with Crippen LogP contribution < -0.4 is 10.2 Å². The summed E-state index contributed by atoms with van der Waals surface area (Å²) in [4.78, 5) is 4.66. The molecule has 1 fully saturated rings. The first-order valence-corrected chi connectivity index (χ1v) is 11.2. The van der Waals surface area contributed by atoms with Gasteiger partial charge in [0.15, 0.2) is 5.82 Å². The highest BCUT2D eigenvalue weighted by molar-refractivity contribution is 5.93. The van der Waals surface area contributed by atoms with Crippen molar-refractivity contribution in [1.82, 2.24) is 15.1 Å². The SMILES string of the molecule is Cc1c([C@@H](C)Nc2nncc3ccc(N4CCCC(N(C)C)C4)cc23)cccc1C(F)(F)F. The molecule has 3 aromatic rings. The average Bonchev–Trinajstić information content (AvgIpc) is 2.78. The van der Waals surface area contributed by atoms with Crippen LogP contribution in [0.25, 0.3) is 10.8 Å². The van der Waals surface area contributed by atoms with Gasteiger partial charge in [-0.15, -0.1) is 5.10 Å². The Kier molecular flexibility index (Phi) is 6.47. The number of benzene rings is 2. The smallest absolute Gasteiger partial charge is 0.370 e. The van der Waals surface area contributed by atoms with E-state index in [1.807, 2.05) is 13.0 Å². The van der Waals surface area contributed by atoms with E-state index in [-0.39, 0.29) is 11.6 Å². The number of hydrogen-bond acceptors (Lipinski definition) is 5. The number of halogens is 3. The van der Waals surface area contributed by atoms with Gasteiger partial charge in [-0.25, -0.2) is 0 Å². The molecule has 1 aliphatic heterocycles. The minimum absolute atomic E-state index is 0.224. The van der Waals surface area contributed by atoms with Crippen molar-refractivity contribution in [2.75, 3.05) is 37.4 Å². The maximum absolute atomic E-state index is 13.4. The second-order valence-electron chi connectivity index (χ2n) is 9.05. The molecule has 1 unspecified atom stereocenters. The molecule has 0 bridgehead atoms. The summed E-state index contributed by atoms with van der Waals surface area (Å²) < 4.78 is 40.1. The van der Waals surface area contributed by atoms with Crippen LogP contribution in [0, 0.1) is 6.92 Å². The maximum atomic E-state index is 13.4. The standard InChI is InChI=1S/C25H30F3N5/c1-16-21(8-5-9-23(16)25(26,27)28)17(2)30-24-22-13-19(11-10-18(22)14-29-31-24)33-12-6-7-20(15-33)32(3)4/h5,8-11,13-14,17,20H,6-7,12,15H2,1-4H3,(H,30,31)/t17-,20?/m1/s1. The third kappa shape index (κ3) is 4.90. The van der Waals surface area contributed by atoms with Crippen molar-refractivity contribution >= 4 is 22.3 Å². The average molecular weight is 458 g/mol. The van der Waals surface area contributed by atoms with Crippen LogP contribution in [0.15, 0.2) is 42.6 Å². The van der Waals surface area contributed by atoms with Crippen molar-refractivity contribution in [2.45, 2.75) is 44.9 Å². The predicted octanol–water partition coefficient (Wildman–Crippen LogP) is 5.66. The predicted molar refractivity (Wildman–Crippen MR) is 127 cm³/mol. The summed E-state index contributed by atoms with van der Waals surface area (Å²) >= 11 is 0. The van der Waals surface area contributed by atoms with Gasteiger partial charge in [0.05, 0.1) is 17.8 Å². The van der Waals surface area contributed by atoms with Gasteiger partial charge in [-0.3, -0.25) is 0 Å². The quantitative estimate of drug-likeness (QED) is 0.536. The molecule has 176 valence electrons. The lowest BCUT2D eigenvalue weighted by Gasteiger charge is -2.37. The zero-order valence-corrected chi connectivity index (χ0v) is 19.4. The van der Waals surface area contributed by atoms with Crippen molar-refractivity contribution in [1.29, 1.82) is 0 Å². The van der Waals surface area contributed by atoms with E-state index >= 15 is 0 Å². The number of nitrogens with one attached hydrogen (secondary N) is 1. The Labute approximate surface area is 192 Å². The van der Waals surface area contributed by atoms with Gasteiger partial charge in [-0.2, -0.15) is 18.3 Å². The minimum atomic E-state index is -4.38. The van der Waals surface area contributed by atoms with E-state index in [1.54, 1.807) is 12.3 Å². The lowest BCUT2D eigenvalue weighted by Crippen LogP contribution is -2.45. The number of fused-ring (bicyclic) bond motifs is 1. The van der Waals surface area contributed by atoms with E-state index in [0.717, 1.165) is 42.0 Å². The van der Waals surface area contributed by atoms with Crippen LogP contribution in [0.2, 0.25) is 0 Å². The second kappa shape index (κ2) is 9.17. The zero-order chi connectivity index (χ0) is 23.8. The minimum Gasteiger partial charge on any atom is -0.370 e. The van der Waals surface area contributed by atoms with Crippen molar-refractivity contribution < 1.29 is 13.2 Å². The summed E-state index contributed by atoms with van der Waals surface area (Å²) in [6.45, 7) is 5.32. The molecule has 0 saturated carbocycles. The fourth-order valence-electron chi connectivity index (χ4n) is 4.69. The van der Waals surface area contributed by atoms with Crippen LogP contribution in [0.1, 0.15) is 42.5 Å². The molecule has 5 nitrogen and oxygen atoms in total. The molecule has 0 radical (unpaired) electrons. The highest BCUT2D eigenvalue weighted by Gasteiger charge is 2.33. The molecule has 0 aliphatic carbocycles. The van der Waals surface area contributed by atoms with E-state index in [1.165, 1.54) is 19.4 Å². The summed E-state index contributed by atoms with van der Waals surface area (Å²) in [6, 6.07) is 10.7. The number of nitrogens with zero attached hydrogens (tertiary/aromatic N) is 4. The van der Waals surface area contributed by atoms with Gasteiger partial charge >= 0.3 is 6.18 Å². The van der Waals surface area contributed by atoms with Crippen molar-refractivity contribution in [2.24, 2.45) is 0 Å². The van der Waals surface area contributed by atoms with Crippen molar-refractivity contribution in [3.05, 3.63) is 59.3 Å². The first-order valence-electron chi connectivity index (χ1n) is 11.2. The van der Waals surface area contributed by atoms with Gasteiger partial charge < -0.3 is 15.1 Å². The van der Waals surface area contributed by atoms with Crippen molar-refractivity contribution in [3.8, 4) is 0 Å². The summed E-state index contributed by atoms with van der Waals surface area (Å²) in [6.07, 6.45) is -0.355. The summed E-state index contributed by atoms with van der Waals surface area (Å²) in [5.74, 6) is 0.569. The molecule has 1 aromatic heterocycles. The largest absolute Gasteiger partial charge is 0.416 e. The van der Waals surface area contributed by atoms with Crippen molar-refractivity contribution in [3.63, 3.8) is 0 Å². The van der Waals surface area contributed by atoms with Crippen LogP contribution in [-0.4, -0.2) is 48.3 Å².